The molecule has 1 fully saturated rings. The first kappa shape index (κ1) is 16.0. The minimum absolute atomic E-state index is 0.0191. The number of carbonyl (C=O) groups excluding carboxylic acids is 2. The molecule has 1 aliphatic heterocycles. The number of hydrogen-bond acceptors (Lipinski definition) is 5. The number of likely N-dealkylation sites (tertiary alicyclic amines) is 1. The first-order valence-electron chi connectivity index (χ1n) is 7.75. The van der Waals surface area contributed by atoms with E-state index in [0.29, 0.717) is 24.5 Å². The topological polar surface area (TPSA) is 89.4 Å². The Morgan fingerprint density at radius 2 is 2.29 bits per heavy atom. The highest BCUT2D eigenvalue weighted by Crippen LogP contribution is 2.19. The molecule has 24 heavy (non-hydrogen) atoms. The number of hydrogen-bond donors (Lipinski definition) is 1. The maximum Gasteiger partial charge on any atom is 0.269 e. The van der Waals surface area contributed by atoms with Crippen molar-refractivity contribution in [2.75, 3.05) is 20.1 Å². The summed E-state index contributed by atoms with van der Waals surface area (Å²) in [4.78, 5) is 29.6. The molecule has 0 aliphatic carbocycles. The molecule has 0 saturated carbocycles. The van der Waals surface area contributed by atoms with E-state index in [9.17, 15) is 9.59 Å². The number of amides is 2. The molecule has 126 valence electrons. The molecule has 1 aliphatic rings. The first-order valence-corrected chi connectivity index (χ1v) is 7.75. The SMILES string of the molecule is CNC(=O)c1cc(OC2CCN(C(=O)Cn3cccn3)C2)ccn1. The van der Waals surface area contributed by atoms with Crippen molar-refractivity contribution in [3.63, 3.8) is 0 Å². The molecule has 0 radical (unpaired) electrons. The monoisotopic (exact) mass is 329 g/mol. The van der Waals surface area contributed by atoms with Gasteiger partial charge in [-0.2, -0.15) is 5.10 Å². The molecule has 0 aromatic carbocycles. The van der Waals surface area contributed by atoms with E-state index < -0.39 is 0 Å². The Balaban J connectivity index is 1.56. The number of pyridine rings is 1. The van der Waals surface area contributed by atoms with E-state index in [4.69, 9.17) is 4.74 Å². The lowest BCUT2D eigenvalue weighted by Gasteiger charge is -2.17. The van der Waals surface area contributed by atoms with E-state index in [0.717, 1.165) is 6.42 Å². The summed E-state index contributed by atoms with van der Waals surface area (Å²) in [5, 5.41) is 6.57. The fraction of sp³-hybridized carbons (Fsp3) is 0.375. The van der Waals surface area contributed by atoms with Crippen molar-refractivity contribution in [1.82, 2.24) is 25.0 Å². The molecule has 3 heterocycles. The van der Waals surface area contributed by atoms with Gasteiger partial charge in [-0.15, -0.1) is 0 Å². The van der Waals surface area contributed by atoms with Crippen LogP contribution in [0.5, 0.6) is 5.75 Å². The lowest BCUT2D eigenvalue weighted by Crippen LogP contribution is -2.33. The number of rotatable bonds is 5. The Morgan fingerprint density at radius 1 is 1.42 bits per heavy atom. The van der Waals surface area contributed by atoms with Crippen molar-refractivity contribution in [3.05, 3.63) is 42.5 Å². The van der Waals surface area contributed by atoms with Gasteiger partial charge in [0.2, 0.25) is 5.91 Å². The van der Waals surface area contributed by atoms with Crippen molar-refractivity contribution in [1.29, 1.82) is 0 Å². The van der Waals surface area contributed by atoms with Gasteiger partial charge in [0.05, 0.1) is 6.54 Å². The highest BCUT2D eigenvalue weighted by molar-refractivity contribution is 5.92. The Bertz CT molecular complexity index is 716. The lowest BCUT2D eigenvalue weighted by molar-refractivity contribution is -0.131. The summed E-state index contributed by atoms with van der Waals surface area (Å²) < 4.78 is 7.50. The summed E-state index contributed by atoms with van der Waals surface area (Å²) in [5.41, 5.74) is 0.305. The van der Waals surface area contributed by atoms with E-state index in [2.05, 4.69) is 15.4 Å². The van der Waals surface area contributed by atoms with Gasteiger partial charge in [-0.1, -0.05) is 0 Å². The average molecular weight is 329 g/mol. The molecule has 1 unspecified atom stereocenters. The Kier molecular flexibility index (Phi) is 4.74. The molecule has 3 rings (SSSR count). The van der Waals surface area contributed by atoms with Gasteiger partial charge >= 0.3 is 0 Å². The molecule has 8 heteroatoms. The Morgan fingerprint density at radius 3 is 3.04 bits per heavy atom. The zero-order valence-electron chi connectivity index (χ0n) is 13.4. The molecule has 2 aromatic heterocycles. The zero-order valence-corrected chi connectivity index (χ0v) is 13.4. The third kappa shape index (κ3) is 3.70. The molecule has 1 saturated heterocycles. The van der Waals surface area contributed by atoms with Crippen molar-refractivity contribution in [2.45, 2.75) is 19.1 Å². The number of aromatic nitrogens is 3. The number of nitrogens with one attached hydrogen (secondary N) is 1. The van der Waals surface area contributed by atoms with Gasteiger partial charge in [-0.05, 0) is 12.1 Å². The Hall–Kier alpha value is -2.90. The highest BCUT2D eigenvalue weighted by atomic mass is 16.5. The summed E-state index contributed by atoms with van der Waals surface area (Å²) >= 11 is 0. The molecule has 1 N–H and O–H groups in total. The van der Waals surface area contributed by atoms with Crippen LogP contribution in [0.2, 0.25) is 0 Å². The van der Waals surface area contributed by atoms with Gasteiger partial charge in [-0.3, -0.25) is 19.3 Å². The van der Waals surface area contributed by atoms with E-state index in [-0.39, 0.29) is 24.5 Å². The van der Waals surface area contributed by atoms with Crippen molar-refractivity contribution < 1.29 is 14.3 Å². The number of carbonyl (C=O) groups is 2. The highest BCUT2D eigenvalue weighted by Gasteiger charge is 2.27. The van der Waals surface area contributed by atoms with Crippen LogP contribution in [0.25, 0.3) is 0 Å². The smallest absolute Gasteiger partial charge is 0.269 e. The zero-order chi connectivity index (χ0) is 16.9. The molecule has 2 amide bonds. The van der Waals surface area contributed by atoms with Crippen LogP contribution in [0.1, 0.15) is 16.9 Å². The normalized spacial score (nSPS) is 16.9. The van der Waals surface area contributed by atoms with Crippen LogP contribution < -0.4 is 10.1 Å². The summed E-state index contributed by atoms with van der Waals surface area (Å²) in [6.07, 6.45) is 5.61. The van der Waals surface area contributed by atoms with E-state index in [1.165, 1.54) is 6.20 Å². The second-order valence-electron chi connectivity index (χ2n) is 5.53. The molecule has 8 nitrogen and oxygen atoms in total. The summed E-state index contributed by atoms with van der Waals surface area (Å²) in [5.74, 6) is 0.337. The molecule has 0 spiro atoms. The van der Waals surface area contributed by atoms with Gasteiger partial charge in [0.25, 0.3) is 5.91 Å². The quantitative estimate of drug-likeness (QED) is 0.853. The van der Waals surface area contributed by atoms with Crippen molar-refractivity contribution >= 4 is 11.8 Å². The van der Waals surface area contributed by atoms with Crippen molar-refractivity contribution in [3.8, 4) is 5.75 Å². The number of nitrogens with zero attached hydrogens (tertiary/aromatic N) is 4. The van der Waals surface area contributed by atoms with Gasteiger partial charge < -0.3 is 15.0 Å². The van der Waals surface area contributed by atoms with Crippen molar-refractivity contribution in [2.24, 2.45) is 0 Å². The Labute approximate surface area is 139 Å². The molecular formula is C16H19N5O3. The standard InChI is InChI=1S/C16H19N5O3/c1-17-16(23)14-9-12(3-6-18-14)24-13-4-8-20(10-13)15(22)11-21-7-2-5-19-21/h2-3,5-7,9,13H,4,8,10-11H2,1H3,(H,17,23). The van der Waals surface area contributed by atoms with Crippen LogP contribution in [0.15, 0.2) is 36.8 Å². The van der Waals surface area contributed by atoms with E-state index in [1.54, 1.807) is 47.2 Å². The van der Waals surface area contributed by atoms with Crippen LogP contribution in [-0.4, -0.2) is 57.7 Å². The van der Waals surface area contributed by atoms with Crippen LogP contribution in [-0.2, 0) is 11.3 Å². The first-order chi connectivity index (χ1) is 11.7. The summed E-state index contributed by atoms with van der Waals surface area (Å²) in [6.45, 7) is 1.41. The minimum Gasteiger partial charge on any atom is -0.488 e. The average Bonchev–Trinajstić information content (AvgIpc) is 3.26. The largest absolute Gasteiger partial charge is 0.488 e. The van der Waals surface area contributed by atoms with Gasteiger partial charge in [0, 0.05) is 44.7 Å². The fourth-order valence-electron chi connectivity index (χ4n) is 2.61. The van der Waals surface area contributed by atoms with E-state index >= 15 is 0 Å². The predicted molar refractivity (Wildman–Crippen MR) is 85.5 cm³/mol. The van der Waals surface area contributed by atoms with Gasteiger partial charge in [0.1, 0.15) is 24.1 Å². The third-order valence-corrected chi connectivity index (χ3v) is 3.85. The van der Waals surface area contributed by atoms with Crippen LogP contribution >= 0.6 is 0 Å². The molecule has 2 aromatic rings. The minimum atomic E-state index is -0.261. The van der Waals surface area contributed by atoms with Crippen LogP contribution in [0.3, 0.4) is 0 Å². The fourth-order valence-corrected chi connectivity index (χ4v) is 2.61. The van der Waals surface area contributed by atoms with E-state index in [1.807, 2.05) is 0 Å². The second-order valence-corrected chi connectivity index (χ2v) is 5.53. The second kappa shape index (κ2) is 7.12. The van der Waals surface area contributed by atoms with Gasteiger partial charge in [0.15, 0.2) is 0 Å². The van der Waals surface area contributed by atoms with Gasteiger partial charge in [-0.25, -0.2) is 0 Å². The summed E-state index contributed by atoms with van der Waals surface area (Å²) in [7, 11) is 1.55. The third-order valence-electron chi connectivity index (χ3n) is 3.85. The maximum atomic E-state index is 12.2. The molecule has 1 atom stereocenters. The molecular weight excluding hydrogens is 310 g/mol. The van der Waals surface area contributed by atoms with Crippen LogP contribution in [0.4, 0.5) is 0 Å². The summed E-state index contributed by atoms with van der Waals surface area (Å²) in [6, 6.07) is 5.10. The van der Waals surface area contributed by atoms with Crippen LogP contribution in [0, 0.1) is 0 Å². The predicted octanol–water partition coefficient (Wildman–Crippen LogP) is 0.318. The molecule has 0 bridgehead atoms. The number of ether oxygens (including phenoxy) is 1. The maximum absolute atomic E-state index is 12.2. The lowest BCUT2D eigenvalue weighted by atomic mass is 10.3.